The lowest BCUT2D eigenvalue weighted by Gasteiger charge is -2.06. The maximum atomic E-state index is 12.2. The Bertz CT molecular complexity index is 745. The SMILES string of the molecule is CCCCCCCCCc1ccc(C(=O)Oc2ccc(C=C(F)F)cc2)cc1. The van der Waals surface area contributed by atoms with E-state index in [1.807, 2.05) is 12.1 Å². The third-order valence-electron chi connectivity index (χ3n) is 4.63. The maximum absolute atomic E-state index is 12.2. The van der Waals surface area contributed by atoms with Crippen LogP contribution in [-0.4, -0.2) is 5.97 Å². The van der Waals surface area contributed by atoms with E-state index in [4.69, 9.17) is 4.74 Å². The van der Waals surface area contributed by atoms with Gasteiger partial charge in [0.1, 0.15) is 5.75 Å². The molecule has 0 aliphatic heterocycles. The third-order valence-corrected chi connectivity index (χ3v) is 4.63. The van der Waals surface area contributed by atoms with Crippen molar-refractivity contribution < 1.29 is 18.3 Å². The van der Waals surface area contributed by atoms with E-state index >= 15 is 0 Å². The molecule has 0 radical (unpaired) electrons. The number of benzene rings is 2. The maximum Gasteiger partial charge on any atom is 0.343 e. The summed E-state index contributed by atoms with van der Waals surface area (Å²) in [5.41, 5.74) is 2.05. The molecule has 0 saturated heterocycles. The van der Waals surface area contributed by atoms with Crippen molar-refractivity contribution in [1.82, 2.24) is 0 Å². The Morgan fingerprint density at radius 2 is 1.46 bits per heavy atom. The van der Waals surface area contributed by atoms with E-state index in [0.29, 0.717) is 16.9 Å². The number of esters is 1. The highest BCUT2D eigenvalue weighted by Gasteiger charge is 2.08. The number of carbonyl (C=O) groups is 1. The Morgan fingerprint density at radius 1 is 0.857 bits per heavy atom. The first kappa shape index (κ1) is 21.8. The number of hydrogen-bond acceptors (Lipinski definition) is 2. The van der Waals surface area contributed by atoms with E-state index in [1.165, 1.54) is 68.4 Å². The van der Waals surface area contributed by atoms with Gasteiger partial charge in [0, 0.05) is 6.08 Å². The summed E-state index contributed by atoms with van der Waals surface area (Å²) in [6.07, 6.45) is 8.96. The standard InChI is InChI=1S/C24H28F2O2/c1-2-3-4-5-6-7-8-9-19-10-14-21(15-11-19)24(27)28-22-16-12-20(13-17-22)18-23(25)26/h10-18H,2-9H2,1H3. The van der Waals surface area contributed by atoms with Crippen molar-refractivity contribution >= 4 is 12.0 Å². The Morgan fingerprint density at radius 3 is 2.07 bits per heavy atom. The molecule has 0 bridgehead atoms. The molecular formula is C24H28F2O2. The predicted molar refractivity (Wildman–Crippen MR) is 110 cm³/mol. The zero-order chi connectivity index (χ0) is 20.2. The molecule has 0 unspecified atom stereocenters. The molecule has 150 valence electrons. The van der Waals surface area contributed by atoms with Gasteiger partial charge >= 0.3 is 5.97 Å². The van der Waals surface area contributed by atoms with Crippen LogP contribution in [0.1, 0.15) is 73.4 Å². The van der Waals surface area contributed by atoms with Gasteiger partial charge in [-0.1, -0.05) is 69.7 Å². The number of carbonyl (C=O) groups excluding carboxylic acids is 1. The summed E-state index contributed by atoms with van der Waals surface area (Å²) in [6, 6.07) is 13.4. The van der Waals surface area contributed by atoms with Gasteiger partial charge in [-0.15, -0.1) is 0 Å². The van der Waals surface area contributed by atoms with Gasteiger partial charge in [-0.25, -0.2) is 4.79 Å². The summed E-state index contributed by atoms with van der Waals surface area (Å²) in [5, 5.41) is 0. The summed E-state index contributed by atoms with van der Waals surface area (Å²) in [4.78, 5) is 12.2. The first-order chi connectivity index (χ1) is 13.6. The molecule has 2 nitrogen and oxygen atoms in total. The van der Waals surface area contributed by atoms with Crippen molar-refractivity contribution in [2.75, 3.05) is 0 Å². The van der Waals surface area contributed by atoms with Crippen LogP contribution in [-0.2, 0) is 6.42 Å². The number of ether oxygens (including phenoxy) is 1. The predicted octanol–water partition coefficient (Wildman–Crippen LogP) is 7.44. The molecule has 0 fully saturated rings. The molecule has 2 aromatic rings. The first-order valence-corrected chi connectivity index (χ1v) is 10.0. The summed E-state index contributed by atoms with van der Waals surface area (Å²) in [7, 11) is 0. The number of rotatable bonds is 11. The lowest BCUT2D eigenvalue weighted by Crippen LogP contribution is -2.08. The molecule has 2 aromatic carbocycles. The number of aryl methyl sites for hydroxylation is 1. The van der Waals surface area contributed by atoms with E-state index in [1.54, 1.807) is 12.1 Å². The second kappa shape index (κ2) is 12.1. The normalized spacial score (nSPS) is 10.5. The average Bonchev–Trinajstić information content (AvgIpc) is 2.69. The van der Waals surface area contributed by atoms with E-state index in [2.05, 4.69) is 6.92 Å². The average molecular weight is 386 g/mol. The minimum absolute atomic E-state index is 0.327. The zero-order valence-electron chi connectivity index (χ0n) is 16.4. The highest BCUT2D eigenvalue weighted by atomic mass is 19.3. The number of unbranched alkanes of at least 4 members (excludes halogenated alkanes) is 6. The largest absolute Gasteiger partial charge is 0.423 e. The van der Waals surface area contributed by atoms with Gasteiger partial charge in [0.15, 0.2) is 0 Å². The van der Waals surface area contributed by atoms with Crippen LogP contribution in [0.2, 0.25) is 0 Å². The first-order valence-electron chi connectivity index (χ1n) is 10.0. The van der Waals surface area contributed by atoms with Gasteiger partial charge in [-0.2, -0.15) is 8.78 Å². The molecule has 28 heavy (non-hydrogen) atoms. The Labute approximate surface area is 166 Å². The van der Waals surface area contributed by atoms with Crippen molar-refractivity contribution in [3.8, 4) is 5.75 Å². The summed E-state index contributed by atoms with van der Waals surface area (Å²) < 4.78 is 29.7. The molecule has 0 atom stereocenters. The minimum atomic E-state index is -1.76. The summed E-state index contributed by atoms with van der Waals surface area (Å²) in [5.74, 6) is -0.129. The van der Waals surface area contributed by atoms with Gasteiger partial charge in [-0.05, 0) is 48.2 Å². The highest BCUT2D eigenvalue weighted by Crippen LogP contribution is 2.17. The third kappa shape index (κ3) is 8.03. The molecule has 4 heteroatoms. The fraction of sp³-hybridized carbons (Fsp3) is 0.375. The van der Waals surface area contributed by atoms with Gasteiger partial charge in [0.05, 0.1) is 5.56 Å². The van der Waals surface area contributed by atoms with E-state index in [9.17, 15) is 13.6 Å². The fourth-order valence-corrected chi connectivity index (χ4v) is 3.02. The number of halogens is 2. The summed E-state index contributed by atoms with van der Waals surface area (Å²) >= 11 is 0. The molecule has 0 amide bonds. The van der Waals surface area contributed by atoms with Gasteiger partial charge in [-0.3, -0.25) is 0 Å². The molecule has 2 rings (SSSR count). The van der Waals surface area contributed by atoms with Crippen LogP contribution in [0.25, 0.3) is 6.08 Å². The van der Waals surface area contributed by atoms with Crippen molar-refractivity contribution in [2.24, 2.45) is 0 Å². The van der Waals surface area contributed by atoms with Crippen LogP contribution in [0.5, 0.6) is 5.75 Å². The van der Waals surface area contributed by atoms with Gasteiger partial charge in [0.2, 0.25) is 0 Å². The van der Waals surface area contributed by atoms with E-state index in [0.717, 1.165) is 18.9 Å². The Kier molecular flexibility index (Phi) is 9.40. The smallest absolute Gasteiger partial charge is 0.343 e. The van der Waals surface area contributed by atoms with Crippen molar-refractivity contribution in [1.29, 1.82) is 0 Å². The topological polar surface area (TPSA) is 26.3 Å². The molecule has 0 aliphatic rings. The van der Waals surface area contributed by atoms with Crippen molar-refractivity contribution in [3.05, 3.63) is 71.3 Å². The van der Waals surface area contributed by atoms with Crippen LogP contribution in [0.15, 0.2) is 54.6 Å². The molecule has 0 N–H and O–H groups in total. The van der Waals surface area contributed by atoms with Crippen LogP contribution in [0.4, 0.5) is 8.78 Å². The fourth-order valence-electron chi connectivity index (χ4n) is 3.02. The van der Waals surface area contributed by atoms with Crippen LogP contribution < -0.4 is 4.74 Å². The van der Waals surface area contributed by atoms with Crippen LogP contribution in [0, 0.1) is 0 Å². The second-order valence-electron chi connectivity index (χ2n) is 6.96. The lowest BCUT2D eigenvalue weighted by molar-refractivity contribution is 0.0734. The van der Waals surface area contributed by atoms with Crippen molar-refractivity contribution in [2.45, 2.75) is 58.3 Å². The lowest BCUT2D eigenvalue weighted by atomic mass is 10.0. The molecule has 0 heterocycles. The van der Waals surface area contributed by atoms with Gasteiger partial charge in [0.25, 0.3) is 6.08 Å². The quantitative estimate of drug-likeness (QED) is 0.228. The second-order valence-corrected chi connectivity index (χ2v) is 6.96. The molecule has 0 spiro atoms. The monoisotopic (exact) mass is 386 g/mol. The molecule has 0 saturated carbocycles. The summed E-state index contributed by atoms with van der Waals surface area (Å²) in [6.45, 7) is 2.23. The molecule has 0 aromatic heterocycles. The molecule has 0 aliphatic carbocycles. The van der Waals surface area contributed by atoms with Crippen molar-refractivity contribution in [3.63, 3.8) is 0 Å². The Hall–Kier alpha value is -2.49. The number of hydrogen-bond donors (Lipinski definition) is 0. The minimum Gasteiger partial charge on any atom is -0.423 e. The van der Waals surface area contributed by atoms with Gasteiger partial charge < -0.3 is 4.74 Å². The highest BCUT2D eigenvalue weighted by molar-refractivity contribution is 5.91. The Balaban J connectivity index is 1.77. The van der Waals surface area contributed by atoms with E-state index in [-0.39, 0.29) is 0 Å². The van der Waals surface area contributed by atoms with Crippen LogP contribution >= 0.6 is 0 Å². The van der Waals surface area contributed by atoms with E-state index < -0.39 is 12.0 Å². The van der Waals surface area contributed by atoms with Crippen LogP contribution in [0.3, 0.4) is 0 Å². The molecular weight excluding hydrogens is 358 g/mol. The zero-order valence-corrected chi connectivity index (χ0v) is 16.4.